The molecular weight excluding hydrogens is 258 g/mol. The van der Waals surface area contributed by atoms with E-state index in [2.05, 4.69) is 5.32 Å². The van der Waals surface area contributed by atoms with Crippen molar-refractivity contribution in [1.29, 1.82) is 0 Å². The van der Waals surface area contributed by atoms with Gasteiger partial charge in [-0.25, -0.2) is 0 Å². The zero-order chi connectivity index (χ0) is 14.8. The fourth-order valence-corrected chi connectivity index (χ4v) is 1.75. The van der Waals surface area contributed by atoms with E-state index in [0.29, 0.717) is 49.7 Å². The van der Waals surface area contributed by atoms with Crippen molar-refractivity contribution in [3.63, 3.8) is 0 Å². The number of carbonyl (C=O) groups is 1. The maximum atomic E-state index is 11.8. The van der Waals surface area contributed by atoms with Crippen LogP contribution in [0.2, 0.25) is 0 Å². The molecule has 0 bridgehead atoms. The number of carbonyl (C=O) groups excluding carboxylic acids is 1. The molecule has 0 aromatic heterocycles. The van der Waals surface area contributed by atoms with Gasteiger partial charge >= 0.3 is 0 Å². The molecule has 0 fully saturated rings. The smallest absolute Gasteiger partial charge is 0.224 e. The Morgan fingerprint density at radius 2 is 1.95 bits per heavy atom. The molecule has 1 rings (SSSR count). The van der Waals surface area contributed by atoms with E-state index in [1.165, 1.54) is 0 Å². The van der Waals surface area contributed by atoms with Crippen LogP contribution in [0.3, 0.4) is 0 Å². The van der Waals surface area contributed by atoms with Gasteiger partial charge in [0.15, 0.2) is 0 Å². The molecule has 20 heavy (non-hydrogen) atoms. The fraction of sp³-hybridized carbons (Fsp3) is 0.533. The topological polar surface area (TPSA) is 67.8 Å². The fourth-order valence-electron chi connectivity index (χ4n) is 1.75. The first-order valence-corrected chi connectivity index (χ1v) is 7.01. The summed E-state index contributed by atoms with van der Waals surface area (Å²) in [5.41, 5.74) is 0.617. The second-order valence-corrected chi connectivity index (χ2v) is 4.25. The van der Waals surface area contributed by atoms with Crippen molar-refractivity contribution >= 4 is 11.6 Å². The van der Waals surface area contributed by atoms with Gasteiger partial charge in [0.2, 0.25) is 5.91 Å². The van der Waals surface area contributed by atoms with Gasteiger partial charge in [-0.15, -0.1) is 0 Å². The van der Waals surface area contributed by atoms with E-state index < -0.39 is 0 Å². The zero-order valence-corrected chi connectivity index (χ0v) is 12.1. The Bertz CT molecular complexity index is 420. The van der Waals surface area contributed by atoms with Crippen molar-refractivity contribution in [2.24, 2.45) is 0 Å². The average Bonchev–Trinajstić information content (AvgIpc) is 2.42. The number of aliphatic hydroxyl groups is 1. The summed E-state index contributed by atoms with van der Waals surface area (Å²) >= 11 is 0. The van der Waals surface area contributed by atoms with Crippen molar-refractivity contribution in [3.05, 3.63) is 18.2 Å². The van der Waals surface area contributed by atoms with Crippen LogP contribution in [0, 0.1) is 0 Å². The van der Waals surface area contributed by atoms with Crippen molar-refractivity contribution in [3.8, 4) is 11.5 Å². The van der Waals surface area contributed by atoms with Gasteiger partial charge in [-0.2, -0.15) is 0 Å². The quantitative estimate of drug-likeness (QED) is 0.683. The number of ether oxygens (including phenoxy) is 2. The summed E-state index contributed by atoms with van der Waals surface area (Å²) in [5, 5.41) is 11.5. The number of rotatable bonds is 9. The first-order chi connectivity index (χ1) is 9.71. The standard InChI is InChI=1S/C15H23NO4/c1-3-19-12-8-9-14(20-4-2)13(11-12)16-15(18)7-5-6-10-17/h8-9,11,17H,3-7,10H2,1-2H3,(H,16,18). The highest BCUT2D eigenvalue weighted by Gasteiger charge is 2.09. The number of hydrogen-bond acceptors (Lipinski definition) is 4. The molecule has 0 radical (unpaired) electrons. The maximum Gasteiger partial charge on any atom is 0.224 e. The third-order valence-corrected chi connectivity index (χ3v) is 2.65. The lowest BCUT2D eigenvalue weighted by Gasteiger charge is -2.13. The third-order valence-electron chi connectivity index (χ3n) is 2.65. The molecule has 5 nitrogen and oxygen atoms in total. The highest BCUT2D eigenvalue weighted by molar-refractivity contribution is 5.92. The Balaban J connectivity index is 2.72. The minimum atomic E-state index is -0.0898. The molecule has 1 aromatic carbocycles. The van der Waals surface area contributed by atoms with Gasteiger partial charge in [-0.3, -0.25) is 4.79 Å². The first kappa shape index (κ1) is 16.3. The predicted molar refractivity (Wildman–Crippen MR) is 78.3 cm³/mol. The summed E-state index contributed by atoms with van der Waals surface area (Å²) < 4.78 is 10.9. The van der Waals surface area contributed by atoms with E-state index in [1.54, 1.807) is 12.1 Å². The van der Waals surface area contributed by atoms with Crippen LogP contribution in [-0.2, 0) is 4.79 Å². The Morgan fingerprint density at radius 3 is 2.60 bits per heavy atom. The van der Waals surface area contributed by atoms with Crippen LogP contribution < -0.4 is 14.8 Å². The Hall–Kier alpha value is -1.75. The molecule has 1 aromatic rings. The maximum absolute atomic E-state index is 11.8. The SMILES string of the molecule is CCOc1ccc(OCC)c(NC(=O)CCCCO)c1. The van der Waals surface area contributed by atoms with Crippen molar-refractivity contribution in [2.75, 3.05) is 25.1 Å². The molecule has 0 aliphatic rings. The van der Waals surface area contributed by atoms with E-state index in [4.69, 9.17) is 14.6 Å². The number of unbranched alkanes of at least 4 members (excludes halogenated alkanes) is 1. The Labute approximate surface area is 119 Å². The lowest BCUT2D eigenvalue weighted by molar-refractivity contribution is -0.116. The molecule has 0 saturated carbocycles. The molecule has 0 unspecified atom stereocenters. The van der Waals surface area contributed by atoms with Crippen LogP contribution in [0.5, 0.6) is 11.5 Å². The van der Waals surface area contributed by atoms with Crippen LogP contribution in [0.25, 0.3) is 0 Å². The summed E-state index contributed by atoms with van der Waals surface area (Å²) in [4.78, 5) is 11.8. The van der Waals surface area contributed by atoms with Crippen LogP contribution >= 0.6 is 0 Å². The number of hydrogen-bond donors (Lipinski definition) is 2. The van der Waals surface area contributed by atoms with Crippen LogP contribution in [-0.4, -0.2) is 30.8 Å². The normalized spacial score (nSPS) is 10.2. The molecule has 0 saturated heterocycles. The van der Waals surface area contributed by atoms with Gasteiger partial charge < -0.3 is 19.9 Å². The minimum absolute atomic E-state index is 0.0898. The molecule has 112 valence electrons. The van der Waals surface area contributed by atoms with E-state index in [0.717, 1.165) is 0 Å². The van der Waals surface area contributed by atoms with E-state index >= 15 is 0 Å². The highest BCUT2D eigenvalue weighted by atomic mass is 16.5. The van der Waals surface area contributed by atoms with Crippen LogP contribution in [0.1, 0.15) is 33.1 Å². The molecule has 0 atom stereocenters. The third kappa shape index (κ3) is 5.48. The highest BCUT2D eigenvalue weighted by Crippen LogP contribution is 2.29. The van der Waals surface area contributed by atoms with Crippen LogP contribution in [0.15, 0.2) is 18.2 Å². The molecule has 0 aliphatic carbocycles. The lowest BCUT2D eigenvalue weighted by Crippen LogP contribution is -2.12. The molecule has 0 heterocycles. The number of benzene rings is 1. The monoisotopic (exact) mass is 281 g/mol. The largest absolute Gasteiger partial charge is 0.494 e. The van der Waals surface area contributed by atoms with Gasteiger partial charge in [0.1, 0.15) is 11.5 Å². The minimum Gasteiger partial charge on any atom is -0.494 e. The van der Waals surface area contributed by atoms with E-state index in [1.807, 2.05) is 19.9 Å². The van der Waals surface area contributed by atoms with Crippen LogP contribution in [0.4, 0.5) is 5.69 Å². The summed E-state index contributed by atoms with van der Waals surface area (Å²) in [6, 6.07) is 5.37. The van der Waals surface area contributed by atoms with Gasteiger partial charge in [-0.1, -0.05) is 0 Å². The second-order valence-electron chi connectivity index (χ2n) is 4.25. The van der Waals surface area contributed by atoms with Gasteiger partial charge in [-0.05, 0) is 38.8 Å². The van der Waals surface area contributed by atoms with E-state index in [-0.39, 0.29) is 12.5 Å². The van der Waals surface area contributed by atoms with Gasteiger partial charge in [0.25, 0.3) is 0 Å². The van der Waals surface area contributed by atoms with Crippen molar-refractivity contribution in [1.82, 2.24) is 0 Å². The molecule has 2 N–H and O–H groups in total. The number of aliphatic hydroxyl groups excluding tert-OH is 1. The predicted octanol–water partition coefficient (Wildman–Crippen LogP) is 2.59. The van der Waals surface area contributed by atoms with E-state index in [9.17, 15) is 4.79 Å². The summed E-state index contributed by atoms with van der Waals surface area (Å²) in [5.74, 6) is 1.24. The molecule has 0 spiro atoms. The molecule has 0 aliphatic heterocycles. The van der Waals surface area contributed by atoms with Crippen molar-refractivity contribution < 1.29 is 19.4 Å². The summed E-state index contributed by atoms with van der Waals surface area (Å²) in [7, 11) is 0. The van der Waals surface area contributed by atoms with Gasteiger partial charge in [0, 0.05) is 19.1 Å². The first-order valence-electron chi connectivity index (χ1n) is 7.01. The van der Waals surface area contributed by atoms with Crippen molar-refractivity contribution in [2.45, 2.75) is 33.1 Å². The second kappa shape index (κ2) is 9.20. The summed E-state index contributed by atoms with van der Waals surface area (Å²) in [6.07, 6.45) is 1.67. The van der Waals surface area contributed by atoms with Gasteiger partial charge in [0.05, 0.1) is 18.9 Å². The number of anilines is 1. The average molecular weight is 281 g/mol. The number of nitrogens with one attached hydrogen (secondary N) is 1. The summed E-state index contributed by atoms with van der Waals surface area (Å²) in [6.45, 7) is 5.00. The molecule has 1 amide bonds. The molecule has 5 heteroatoms. The zero-order valence-electron chi connectivity index (χ0n) is 12.1. The Kier molecular flexibility index (Phi) is 7.50. The Morgan fingerprint density at radius 1 is 1.20 bits per heavy atom. The number of amides is 1. The molecular formula is C15H23NO4. The lowest BCUT2D eigenvalue weighted by atomic mass is 10.2.